The largest absolute Gasteiger partial charge is 0.339 e. The van der Waals surface area contributed by atoms with Crippen LogP contribution in [0.3, 0.4) is 0 Å². The molecule has 134 valence electrons. The van der Waals surface area contributed by atoms with Crippen molar-refractivity contribution in [3.63, 3.8) is 0 Å². The minimum absolute atomic E-state index is 0.0418. The Bertz CT molecular complexity index is 505. The first kappa shape index (κ1) is 18.9. The second kappa shape index (κ2) is 8.63. The zero-order valence-corrected chi connectivity index (χ0v) is 15.9. The normalized spacial score (nSPS) is 23.5. The third kappa shape index (κ3) is 5.05. The summed E-state index contributed by atoms with van der Waals surface area (Å²) in [6.07, 6.45) is 0.823. The van der Waals surface area contributed by atoms with Gasteiger partial charge < -0.3 is 9.80 Å². The summed E-state index contributed by atoms with van der Waals surface area (Å²) in [6, 6.07) is 11.2. The first-order valence-electron chi connectivity index (χ1n) is 9.11. The molecule has 0 N–H and O–H groups in total. The molecule has 1 amide bonds. The molecule has 1 aliphatic rings. The lowest BCUT2D eigenvalue weighted by molar-refractivity contribution is -0.139. The Morgan fingerprint density at radius 3 is 2.29 bits per heavy atom. The van der Waals surface area contributed by atoms with Crippen LogP contribution in [0.2, 0.25) is 0 Å². The molecule has 0 bridgehead atoms. The molecule has 1 aromatic rings. The number of amides is 1. The summed E-state index contributed by atoms with van der Waals surface area (Å²) in [7, 11) is 4.22. The highest BCUT2D eigenvalue weighted by atomic mass is 16.2. The van der Waals surface area contributed by atoms with Crippen LogP contribution in [0.1, 0.15) is 26.3 Å². The molecule has 1 fully saturated rings. The van der Waals surface area contributed by atoms with Gasteiger partial charge in [0.05, 0.1) is 0 Å². The van der Waals surface area contributed by atoms with Gasteiger partial charge in [-0.25, -0.2) is 0 Å². The van der Waals surface area contributed by atoms with Crippen molar-refractivity contribution < 1.29 is 4.79 Å². The van der Waals surface area contributed by atoms with Gasteiger partial charge in [-0.05, 0) is 39.9 Å². The van der Waals surface area contributed by atoms with E-state index in [4.69, 9.17) is 0 Å². The first-order chi connectivity index (χ1) is 11.4. The van der Waals surface area contributed by atoms with E-state index < -0.39 is 0 Å². The molecule has 1 aliphatic heterocycles. The van der Waals surface area contributed by atoms with Gasteiger partial charge in [-0.1, -0.05) is 37.3 Å². The average Bonchev–Trinajstić information content (AvgIpc) is 2.53. The van der Waals surface area contributed by atoms with Crippen LogP contribution in [0, 0.1) is 5.92 Å². The number of nitrogens with zero attached hydrogens (tertiary/aromatic N) is 3. The molecule has 0 aliphatic carbocycles. The Labute approximate surface area is 147 Å². The van der Waals surface area contributed by atoms with Gasteiger partial charge in [0.1, 0.15) is 0 Å². The lowest BCUT2D eigenvalue weighted by Crippen LogP contribution is -2.59. The molecular weight excluding hydrogens is 298 g/mol. The van der Waals surface area contributed by atoms with E-state index in [2.05, 4.69) is 61.7 Å². The highest BCUT2D eigenvalue weighted by Crippen LogP contribution is 2.19. The number of piperazine rings is 1. The van der Waals surface area contributed by atoms with E-state index >= 15 is 0 Å². The molecule has 24 heavy (non-hydrogen) atoms. The first-order valence-corrected chi connectivity index (χ1v) is 9.11. The molecule has 2 rings (SSSR count). The minimum Gasteiger partial charge on any atom is -0.339 e. The molecule has 0 aromatic heterocycles. The molecule has 3 atom stereocenters. The summed E-state index contributed by atoms with van der Waals surface area (Å²) in [5, 5.41) is 0. The Hall–Kier alpha value is -1.39. The van der Waals surface area contributed by atoms with Crippen LogP contribution in [0.5, 0.6) is 0 Å². The number of benzene rings is 1. The lowest BCUT2D eigenvalue weighted by atomic mass is 9.98. The maximum absolute atomic E-state index is 12.9. The summed E-state index contributed by atoms with van der Waals surface area (Å²) in [4.78, 5) is 19.7. The third-order valence-electron chi connectivity index (χ3n) is 5.02. The molecule has 1 heterocycles. The van der Waals surface area contributed by atoms with Crippen molar-refractivity contribution in [2.24, 2.45) is 5.92 Å². The van der Waals surface area contributed by atoms with E-state index in [9.17, 15) is 4.79 Å². The minimum atomic E-state index is 0.0418. The second-order valence-corrected chi connectivity index (χ2v) is 7.57. The van der Waals surface area contributed by atoms with Crippen molar-refractivity contribution in [1.29, 1.82) is 0 Å². The predicted molar refractivity (Wildman–Crippen MR) is 100 cm³/mol. The maximum atomic E-state index is 12.9. The van der Waals surface area contributed by atoms with Gasteiger partial charge in [-0.15, -0.1) is 0 Å². The maximum Gasteiger partial charge on any atom is 0.225 e. The van der Waals surface area contributed by atoms with Crippen molar-refractivity contribution in [2.45, 2.75) is 39.3 Å². The average molecular weight is 332 g/mol. The van der Waals surface area contributed by atoms with Gasteiger partial charge >= 0.3 is 0 Å². The fourth-order valence-corrected chi connectivity index (χ4v) is 3.66. The van der Waals surface area contributed by atoms with Crippen molar-refractivity contribution in [3.8, 4) is 0 Å². The van der Waals surface area contributed by atoms with Gasteiger partial charge in [0.15, 0.2) is 0 Å². The van der Waals surface area contributed by atoms with Crippen molar-refractivity contribution >= 4 is 5.91 Å². The Balaban J connectivity index is 1.92. The Kier molecular flexibility index (Phi) is 6.81. The molecule has 1 aromatic carbocycles. The predicted octanol–water partition coefficient (Wildman–Crippen LogP) is 2.35. The van der Waals surface area contributed by atoms with Crippen LogP contribution < -0.4 is 0 Å². The molecule has 0 saturated carbocycles. The second-order valence-electron chi connectivity index (χ2n) is 7.57. The SMILES string of the molecule is CC(Cc1ccccc1)C(=O)N1CC(C)N(CCN(C)C)C(C)C1. The zero-order chi connectivity index (χ0) is 17.7. The quantitative estimate of drug-likeness (QED) is 0.800. The Morgan fingerprint density at radius 1 is 1.17 bits per heavy atom. The number of likely N-dealkylation sites (N-methyl/N-ethyl adjacent to an activating group) is 1. The smallest absolute Gasteiger partial charge is 0.225 e. The highest BCUT2D eigenvalue weighted by molar-refractivity contribution is 5.79. The zero-order valence-electron chi connectivity index (χ0n) is 15.9. The molecule has 4 nitrogen and oxygen atoms in total. The number of hydrogen-bond donors (Lipinski definition) is 0. The van der Waals surface area contributed by atoms with E-state index in [0.29, 0.717) is 18.0 Å². The molecule has 4 heteroatoms. The van der Waals surface area contributed by atoms with Crippen LogP contribution in [0.25, 0.3) is 0 Å². The summed E-state index contributed by atoms with van der Waals surface area (Å²) >= 11 is 0. The number of carbonyl (C=O) groups is 1. The summed E-state index contributed by atoms with van der Waals surface area (Å²) in [6.45, 7) is 10.4. The third-order valence-corrected chi connectivity index (χ3v) is 5.02. The van der Waals surface area contributed by atoms with Crippen LogP contribution in [-0.4, -0.2) is 73.0 Å². The van der Waals surface area contributed by atoms with E-state index in [1.54, 1.807) is 0 Å². The monoisotopic (exact) mass is 331 g/mol. The molecule has 0 spiro atoms. The molecular formula is C20H33N3O. The topological polar surface area (TPSA) is 26.8 Å². The van der Waals surface area contributed by atoms with Crippen molar-refractivity contribution in [2.75, 3.05) is 40.3 Å². The molecule has 3 unspecified atom stereocenters. The van der Waals surface area contributed by atoms with Gasteiger partial charge in [0.25, 0.3) is 0 Å². The van der Waals surface area contributed by atoms with Crippen LogP contribution in [0.4, 0.5) is 0 Å². The van der Waals surface area contributed by atoms with Crippen LogP contribution in [-0.2, 0) is 11.2 Å². The van der Waals surface area contributed by atoms with Gasteiger partial charge in [-0.3, -0.25) is 9.69 Å². The van der Waals surface area contributed by atoms with Gasteiger partial charge in [-0.2, -0.15) is 0 Å². The van der Waals surface area contributed by atoms with Gasteiger partial charge in [0.2, 0.25) is 5.91 Å². The van der Waals surface area contributed by atoms with E-state index in [1.165, 1.54) is 5.56 Å². The van der Waals surface area contributed by atoms with Crippen molar-refractivity contribution in [3.05, 3.63) is 35.9 Å². The summed E-state index contributed by atoms with van der Waals surface area (Å²) in [5.41, 5.74) is 1.24. The van der Waals surface area contributed by atoms with E-state index in [1.807, 2.05) is 18.2 Å². The lowest BCUT2D eigenvalue weighted by Gasteiger charge is -2.45. The highest BCUT2D eigenvalue weighted by Gasteiger charge is 2.33. The summed E-state index contributed by atoms with van der Waals surface area (Å²) < 4.78 is 0. The number of rotatable bonds is 6. The fourth-order valence-electron chi connectivity index (χ4n) is 3.66. The number of hydrogen-bond acceptors (Lipinski definition) is 3. The van der Waals surface area contributed by atoms with Crippen molar-refractivity contribution in [1.82, 2.24) is 14.7 Å². The standard InChI is InChI=1S/C20H33N3O/c1-16(13-19-9-7-6-8-10-19)20(24)22-14-17(2)23(18(3)15-22)12-11-21(4)5/h6-10,16-18H,11-15H2,1-5H3. The summed E-state index contributed by atoms with van der Waals surface area (Å²) in [5.74, 6) is 0.338. The van der Waals surface area contributed by atoms with Gasteiger partial charge in [0, 0.05) is 44.2 Å². The Morgan fingerprint density at radius 2 is 1.75 bits per heavy atom. The molecule has 0 radical (unpaired) electrons. The fraction of sp³-hybridized carbons (Fsp3) is 0.650. The van der Waals surface area contributed by atoms with E-state index in [0.717, 1.165) is 32.6 Å². The molecule has 1 saturated heterocycles. The number of carbonyl (C=O) groups excluding carboxylic acids is 1. The van der Waals surface area contributed by atoms with Crippen LogP contribution >= 0.6 is 0 Å². The van der Waals surface area contributed by atoms with Crippen LogP contribution in [0.15, 0.2) is 30.3 Å². The van der Waals surface area contributed by atoms with E-state index in [-0.39, 0.29) is 5.92 Å².